The van der Waals surface area contributed by atoms with Crippen molar-refractivity contribution in [2.24, 2.45) is 22.7 Å². The first-order chi connectivity index (χ1) is 17.0. The average Bonchev–Trinajstić information content (AvgIpc) is 2.82. The molecule has 0 amide bonds. The highest BCUT2D eigenvalue weighted by Gasteiger charge is 2.38. The van der Waals surface area contributed by atoms with E-state index >= 15 is 0 Å². The van der Waals surface area contributed by atoms with Crippen LogP contribution < -0.4 is 21.8 Å². The third-order valence-electron chi connectivity index (χ3n) is 5.69. The Morgan fingerprint density at radius 1 is 1.14 bits per heavy atom. The maximum absolute atomic E-state index is 13.4. The number of rotatable bonds is 11. The second-order valence-corrected chi connectivity index (χ2v) is 9.11. The molecule has 198 valence electrons. The van der Waals surface area contributed by atoms with Crippen LogP contribution in [0.2, 0.25) is 0 Å². The van der Waals surface area contributed by atoms with Crippen LogP contribution in [0.5, 0.6) is 11.5 Å². The number of aromatic hydroxyl groups is 1. The fraction of sp³-hybridized carbons (Fsp3) is 0.462. The van der Waals surface area contributed by atoms with Gasteiger partial charge in [0, 0.05) is 16.7 Å². The molecule has 0 bridgehead atoms. The van der Waals surface area contributed by atoms with Crippen molar-refractivity contribution in [2.45, 2.75) is 72.1 Å². The van der Waals surface area contributed by atoms with Crippen LogP contribution in [0.25, 0.3) is 0 Å². The Labute approximate surface area is 210 Å². The molecule has 0 aliphatic rings. The number of nitrogens with one attached hydrogen (secondary N) is 2. The third-order valence-corrected chi connectivity index (χ3v) is 5.69. The molecule has 36 heavy (non-hydrogen) atoms. The molecule has 7 N–H and O–H groups in total. The fourth-order valence-electron chi connectivity index (χ4n) is 4.08. The Morgan fingerprint density at radius 2 is 1.75 bits per heavy atom. The van der Waals surface area contributed by atoms with Gasteiger partial charge in [-0.25, -0.2) is 5.84 Å². The van der Waals surface area contributed by atoms with Crippen LogP contribution in [0.4, 0.5) is 13.2 Å². The summed E-state index contributed by atoms with van der Waals surface area (Å²) < 4.78 is 46.5. The maximum Gasteiger partial charge on any atom is 0.433 e. The number of amidine groups is 1. The monoisotopic (exact) mass is 507 g/mol. The van der Waals surface area contributed by atoms with Gasteiger partial charge in [-0.05, 0) is 42.4 Å². The van der Waals surface area contributed by atoms with Crippen molar-refractivity contribution < 1.29 is 23.0 Å². The summed E-state index contributed by atoms with van der Waals surface area (Å²) in [5.74, 6) is 11.4. The minimum absolute atomic E-state index is 0.100. The molecule has 0 aliphatic carbocycles. The van der Waals surface area contributed by atoms with Gasteiger partial charge in [0.1, 0.15) is 17.2 Å². The number of hydrogen-bond donors (Lipinski definition) is 5. The normalized spacial score (nSPS) is 13.1. The van der Waals surface area contributed by atoms with Crippen molar-refractivity contribution in [3.8, 4) is 11.5 Å². The zero-order chi connectivity index (χ0) is 27.0. The Kier molecular flexibility index (Phi) is 10.2. The number of ether oxygens (including phenoxy) is 1. The second-order valence-electron chi connectivity index (χ2n) is 9.11. The van der Waals surface area contributed by atoms with Gasteiger partial charge in [-0.3, -0.25) is 5.41 Å². The number of phenols is 1. The molecule has 0 aliphatic heterocycles. The van der Waals surface area contributed by atoms with Crippen LogP contribution in [0, 0.1) is 11.3 Å². The zero-order valence-electron chi connectivity index (χ0n) is 21.2. The summed E-state index contributed by atoms with van der Waals surface area (Å²) >= 11 is 0. The van der Waals surface area contributed by atoms with Crippen molar-refractivity contribution >= 4 is 11.5 Å². The highest BCUT2D eigenvalue weighted by molar-refractivity contribution is 6.05. The molecule has 1 unspecified atom stereocenters. The Balaban J connectivity index is 2.69. The summed E-state index contributed by atoms with van der Waals surface area (Å²) in [5, 5.41) is 22.2. The summed E-state index contributed by atoms with van der Waals surface area (Å²) in [6.45, 7) is 7.96. The predicted molar refractivity (Wildman–Crippen MR) is 136 cm³/mol. The Morgan fingerprint density at radius 3 is 2.22 bits per heavy atom. The van der Waals surface area contributed by atoms with Crippen molar-refractivity contribution in [3.63, 3.8) is 0 Å². The Bertz CT molecular complexity index is 1070. The first kappa shape index (κ1) is 29.0. The van der Waals surface area contributed by atoms with E-state index in [1.807, 2.05) is 38.1 Å². The summed E-state index contributed by atoms with van der Waals surface area (Å²) in [4.78, 5) is 0. The van der Waals surface area contributed by atoms with Crippen LogP contribution in [0.15, 0.2) is 35.4 Å². The third kappa shape index (κ3) is 6.90. The largest absolute Gasteiger partial charge is 0.507 e. The van der Waals surface area contributed by atoms with Gasteiger partial charge in [0.05, 0.1) is 0 Å². The lowest BCUT2D eigenvalue weighted by Crippen LogP contribution is -2.38. The minimum Gasteiger partial charge on any atom is -0.507 e. The van der Waals surface area contributed by atoms with E-state index in [1.54, 1.807) is 0 Å². The molecule has 0 aromatic heterocycles. The van der Waals surface area contributed by atoms with Gasteiger partial charge >= 0.3 is 6.18 Å². The van der Waals surface area contributed by atoms with Gasteiger partial charge in [0.25, 0.3) is 0 Å². The molecular weight excluding hydrogens is 471 g/mol. The molecule has 0 saturated heterocycles. The van der Waals surface area contributed by atoms with Crippen molar-refractivity contribution in [3.05, 3.63) is 58.1 Å². The number of hydrogen-bond acceptors (Lipinski definition) is 6. The van der Waals surface area contributed by atoms with Gasteiger partial charge in [-0.2, -0.15) is 18.3 Å². The lowest BCUT2D eigenvalue weighted by atomic mass is 9.94. The van der Waals surface area contributed by atoms with E-state index in [0.29, 0.717) is 36.3 Å². The number of nitrogens with two attached hydrogens (primary N) is 2. The first-order valence-electron chi connectivity index (χ1n) is 12.0. The highest BCUT2D eigenvalue weighted by atomic mass is 19.4. The summed E-state index contributed by atoms with van der Waals surface area (Å²) in [7, 11) is 0. The van der Waals surface area contributed by atoms with Crippen LogP contribution in [-0.2, 0) is 19.3 Å². The zero-order valence-corrected chi connectivity index (χ0v) is 21.2. The van der Waals surface area contributed by atoms with Crippen molar-refractivity contribution in [1.82, 2.24) is 5.43 Å². The number of phenolic OH excluding ortho intramolecular Hbond substituents is 1. The summed E-state index contributed by atoms with van der Waals surface area (Å²) in [6.07, 6.45) is -3.19. The molecule has 1 atom stereocenters. The number of benzene rings is 2. The molecular formula is C26H36F3N5O2. The standard InChI is InChI=1S/C26H36F3N5O2/c1-5-7-18-14-20(24(30)26(27,28)29)21(35)19(8-6-2)22(18)36-23(25(33-31)34-32)17-11-9-16(10-12-17)13-15(3)4/h9-12,14-15,23,30,35H,5-8,13,31-32H2,1-4H3,(H,33,34). The molecule has 0 saturated carbocycles. The van der Waals surface area contributed by atoms with Gasteiger partial charge in [-0.1, -0.05) is 64.8 Å². The summed E-state index contributed by atoms with van der Waals surface area (Å²) in [5.41, 5.74) is 2.70. The van der Waals surface area contributed by atoms with E-state index in [2.05, 4.69) is 24.4 Å². The van der Waals surface area contributed by atoms with Gasteiger partial charge in [0.2, 0.25) is 0 Å². The molecule has 10 heteroatoms. The quantitative estimate of drug-likeness (QED) is 0.122. The summed E-state index contributed by atoms with van der Waals surface area (Å²) in [6, 6.07) is 8.82. The second kappa shape index (κ2) is 12.6. The van der Waals surface area contributed by atoms with Gasteiger partial charge in [0.15, 0.2) is 11.9 Å². The van der Waals surface area contributed by atoms with Crippen molar-refractivity contribution in [2.75, 3.05) is 0 Å². The number of halogens is 3. The molecule has 7 nitrogen and oxygen atoms in total. The average molecular weight is 508 g/mol. The Hall–Kier alpha value is -3.27. The van der Waals surface area contributed by atoms with Crippen LogP contribution in [-0.4, -0.2) is 22.8 Å². The van der Waals surface area contributed by atoms with E-state index in [0.717, 1.165) is 12.0 Å². The number of hydrazine groups is 1. The lowest BCUT2D eigenvalue weighted by molar-refractivity contribution is -0.0588. The highest BCUT2D eigenvalue weighted by Crippen LogP contribution is 2.41. The number of aryl methyl sites for hydroxylation is 1. The maximum atomic E-state index is 13.4. The van der Waals surface area contributed by atoms with Crippen LogP contribution >= 0.6 is 0 Å². The fourth-order valence-corrected chi connectivity index (χ4v) is 4.08. The molecule has 0 fully saturated rings. The number of alkyl halides is 3. The molecule has 2 aromatic carbocycles. The molecule has 0 spiro atoms. The van der Waals surface area contributed by atoms with E-state index < -0.39 is 29.3 Å². The molecule has 2 aromatic rings. The SMILES string of the molecule is CCCc1cc(C(=N)C(F)(F)F)c(O)c(CCC)c1OC(/C(=N/N)NN)c1ccc(CC(C)C)cc1. The van der Waals surface area contributed by atoms with Crippen LogP contribution in [0.1, 0.15) is 74.5 Å². The number of nitrogens with zero attached hydrogens (tertiary/aromatic N) is 1. The predicted octanol–water partition coefficient (Wildman–Crippen LogP) is 5.28. The number of hydrazone groups is 1. The van der Waals surface area contributed by atoms with E-state index in [9.17, 15) is 18.3 Å². The van der Waals surface area contributed by atoms with Crippen molar-refractivity contribution in [1.29, 1.82) is 5.41 Å². The molecule has 0 heterocycles. The van der Waals surface area contributed by atoms with E-state index in [4.69, 9.17) is 21.8 Å². The first-order valence-corrected chi connectivity index (χ1v) is 12.0. The minimum atomic E-state index is -4.91. The molecule has 0 radical (unpaired) electrons. The van der Waals surface area contributed by atoms with Crippen LogP contribution in [0.3, 0.4) is 0 Å². The smallest absolute Gasteiger partial charge is 0.433 e. The van der Waals surface area contributed by atoms with Gasteiger partial charge < -0.3 is 21.1 Å². The van der Waals surface area contributed by atoms with E-state index in [1.165, 1.54) is 6.07 Å². The van der Waals surface area contributed by atoms with Gasteiger partial charge in [-0.15, -0.1) is 0 Å². The topological polar surface area (TPSA) is 130 Å². The lowest BCUT2D eigenvalue weighted by Gasteiger charge is -2.26. The van der Waals surface area contributed by atoms with E-state index in [-0.39, 0.29) is 23.6 Å². The molecule has 2 rings (SSSR count).